The van der Waals surface area contributed by atoms with Crippen molar-refractivity contribution in [2.75, 3.05) is 0 Å². The number of aliphatic hydroxyl groups excluding tert-OH is 1. The molecule has 2 aromatic rings. The summed E-state index contributed by atoms with van der Waals surface area (Å²) in [5.41, 5.74) is 1.74. The van der Waals surface area contributed by atoms with Crippen LogP contribution in [0, 0.1) is 0 Å². The van der Waals surface area contributed by atoms with Crippen molar-refractivity contribution >= 4 is 15.9 Å². The van der Waals surface area contributed by atoms with Gasteiger partial charge in [0, 0.05) is 4.47 Å². The van der Waals surface area contributed by atoms with Gasteiger partial charge in [-0.1, -0.05) is 28.1 Å². The second-order valence-electron chi connectivity index (χ2n) is 3.56. The Labute approximate surface area is 108 Å². The van der Waals surface area contributed by atoms with E-state index in [-0.39, 0.29) is 6.61 Å². The molecule has 1 aromatic carbocycles. The van der Waals surface area contributed by atoms with Crippen molar-refractivity contribution in [3.63, 3.8) is 0 Å². The summed E-state index contributed by atoms with van der Waals surface area (Å²) in [4.78, 5) is 4.04. The van der Waals surface area contributed by atoms with E-state index in [0.717, 1.165) is 10.0 Å². The third-order valence-electron chi connectivity index (χ3n) is 2.28. The number of halogens is 1. The largest absolute Gasteiger partial charge is 0.487 e. The number of nitrogens with zero attached hydrogens (tertiary/aromatic N) is 1. The molecule has 0 aliphatic rings. The minimum Gasteiger partial charge on any atom is -0.487 e. The molecule has 2 rings (SSSR count). The van der Waals surface area contributed by atoms with Gasteiger partial charge in [-0.15, -0.1) is 0 Å². The first-order valence-corrected chi connectivity index (χ1v) is 6.00. The Hall–Kier alpha value is -1.39. The van der Waals surface area contributed by atoms with Gasteiger partial charge in [0.1, 0.15) is 12.4 Å². The lowest BCUT2D eigenvalue weighted by atomic mass is 10.2. The molecule has 0 aliphatic carbocycles. The molecule has 1 aromatic heterocycles. The molecular weight excluding hydrogens is 282 g/mol. The first-order valence-electron chi connectivity index (χ1n) is 5.21. The maximum Gasteiger partial charge on any atom is 0.138 e. The fraction of sp³-hybridized carbons (Fsp3) is 0.154. The average molecular weight is 294 g/mol. The Morgan fingerprint density at radius 2 is 1.88 bits per heavy atom. The average Bonchev–Trinajstić information content (AvgIpc) is 2.39. The van der Waals surface area contributed by atoms with Crippen LogP contribution in [0.2, 0.25) is 0 Å². The van der Waals surface area contributed by atoms with Crippen molar-refractivity contribution in [1.29, 1.82) is 0 Å². The van der Waals surface area contributed by atoms with Gasteiger partial charge < -0.3 is 9.84 Å². The van der Waals surface area contributed by atoms with Crippen LogP contribution < -0.4 is 4.74 Å². The molecule has 0 unspecified atom stereocenters. The number of pyridine rings is 1. The Balaban J connectivity index is 1.95. The normalized spacial score (nSPS) is 10.2. The van der Waals surface area contributed by atoms with Crippen LogP contribution in [-0.2, 0) is 13.2 Å². The van der Waals surface area contributed by atoms with E-state index < -0.39 is 0 Å². The molecule has 17 heavy (non-hydrogen) atoms. The molecule has 0 fully saturated rings. The SMILES string of the molecule is OCc1ccc(OCc2ccc(Br)cc2)cn1. The minimum absolute atomic E-state index is 0.0486. The first kappa shape index (κ1) is 12.1. The van der Waals surface area contributed by atoms with E-state index in [2.05, 4.69) is 20.9 Å². The van der Waals surface area contributed by atoms with Crippen LogP contribution in [0.3, 0.4) is 0 Å². The van der Waals surface area contributed by atoms with Gasteiger partial charge in [0.25, 0.3) is 0 Å². The zero-order chi connectivity index (χ0) is 12.1. The summed E-state index contributed by atoms with van der Waals surface area (Å²) in [5, 5.41) is 8.85. The number of rotatable bonds is 4. The lowest BCUT2D eigenvalue weighted by Crippen LogP contribution is -1.96. The van der Waals surface area contributed by atoms with Gasteiger partial charge in [-0.05, 0) is 29.8 Å². The van der Waals surface area contributed by atoms with E-state index in [1.165, 1.54) is 0 Å². The molecule has 0 radical (unpaired) electrons. The molecule has 88 valence electrons. The maximum absolute atomic E-state index is 8.85. The van der Waals surface area contributed by atoms with Crippen LogP contribution in [0.15, 0.2) is 47.1 Å². The molecule has 0 saturated carbocycles. The van der Waals surface area contributed by atoms with Crippen LogP contribution in [0.4, 0.5) is 0 Å². The van der Waals surface area contributed by atoms with E-state index in [1.54, 1.807) is 18.3 Å². The molecule has 0 aliphatic heterocycles. The third-order valence-corrected chi connectivity index (χ3v) is 2.81. The predicted octanol–water partition coefficient (Wildman–Crippen LogP) is 2.92. The Morgan fingerprint density at radius 1 is 1.12 bits per heavy atom. The summed E-state index contributed by atoms with van der Waals surface area (Å²) < 4.78 is 6.62. The number of hydrogen-bond acceptors (Lipinski definition) is 3. The Bertz CT molecular complexity index is 468. The van der Waals surface area contributed by atoms with Gasteiger partial charge in [-0.25, -0.2) is 0 Å². The summed E-state index contributed by atoms with van der Waals surface area (Å²) in [6.07, 6.45) is 1.62. The number of hydrogen-bond donors (Lipinski definition) is 1. The van der Waals surface area contributed by atoms with Gasteiger partial charge in [-0.3, -0.25) is 4.98 Å². The van der Waals surface area contributed by atoms with Crippen molar-refractivity contribution in [2.45, 2.75) is 13.2 Å². The van der Waals surface area contributed by atoms with E-state index >= 15 is 0 Å². The fourth-order valence-electron chi connectivity index (χ4n) is 1.34. The van der Waals surface area contributed by atoms with E-state index in [9.17, 15) is 0 Å². The lowest BCUT2D eigenvalue weighted by molar-refractivity contribution is 0.275. The molecular formula is C13H12BrNO2. The highest BCUT2D eigenvalue weighted by atomic mass is 79.9. The zero-order valence-electron chi connectivity index (χ0n) is 9.14. The summed E-state index contributed by atoms with van der Waals surface area (Å²) >= 11 is 3.38. The zero-order valence-corrected chi connectivity index (χ0v) is 10.7. The Kier molecular flexibility index (Phi) is 4.12. The molecule has 1 N–H and O–H groups in total. The monoisotopic (exact) mass is 293 g/mol. The second kappa shape index (κ2) is 5.80. The van der Waals surface area contributed by atoms with Gasteiger partial charge >= 0.3 is 0 Å². The van der Waals surface area contributed by atoms with Crippen LogP contribution in [-0.4, -0.2) is 10.1 Å². The van der Waals surface area contributed by atoms with Crippen molar-refractivity contribution < 1.29 is 9.84 Å². The topological polar surface area (TPSA) is 42.4 Å². The van der Waals surface area contributed by atoms with Gasteiger partial charge in [0.15, 0.2) is 0 Å². The number of aliphatic hydroxyl groups is 1. The quantitative estimate of drug-likeness (QED) is 0.942. The molecule has 0 spiro atoms. The van der Waals surface area contributed by atoms with Crippen LogP contribution in [0.25, 0.3) is 0 Å². The smallest absolute Gasteiger partial charge is 0.138 e. The third kappa shape index (κ3) is 3.54. The van der Waals surface area contributed by atoms with Crippen LogP contribution in [0.5, 0.6) is 5.75 Å². The van der Waals surface area contributed by atoms with Crippen LogP contribution >= 0.6 is 15.9 Å². The first-order chi connectivity index (χ1) is 8.28. The number of ether oxygens (including phenoxy) is 1. The molecule has 1 heterocycles. The molecule has 0 atom stereocenters. The summed E-state index contributed by atoms with van der Waals surface area (Å²) in [6.45, 7) is 0.459. The predicted molar refractivity (Wildman–Crippen MR) is 68.6 cm³/mol. The maximum atomic E-state index is 8.85. The second-order valence-corrected chi connectivity index (χ2v) is 4.47. The van der Waals surface area contributed by atoms with Crippen molar-refractivity contribution in [3.8, 4) is 5.75 Å². The number of aromatic nitrogens is 1. The van der Waals surface area contributed by atoms with E-state index in [1.807, 2.05) is 24.3 Å². The summed E-state index contributed by atoms with van der Waals surface area (Å²) in [7, 11) is 0. The van der Waals surface area contributed by atoms with E-state index in [0.29, 0.717) is 18.1 Å². The fourth-order valence-corrected chi connectivity index (χ4v) is 1.60. The lowest BCUT2D eigenvalue weighted by Gasteiger charge is -2.06. The van der Waals surface area contributed by atoms with Crippen molar-refractivity contribution in [3.05, 3.63) is 58.3 Å². The summed E-state index contributed by atoms with van der Waals surface area (Å²) in [6, 6.07) is 11.5. The van der Waals surface area contributed by atoms with Gasteiger partial charge in [0.2, 0.25) is 0 Å². The Morgan fingerprint density at radius 3 is 2.47 bits per heavy atom. The van der Waals surface area contributed by atoms with E-state index in [4.69, 9.17) is 9.84 Å². The van der Waals surface area contributed by atoms with Crippen LogP contribution in [0.1, 0.15) is 11.3 Å². The molecule has 4 heteroatoms. The standard InChI is InChI=1S/C13H12BrNO2/c14-11-3-1-10(2-4-11)9-17-13-6-5-12(8-16)15-7-13/h1-7,16H,8-9H2. The minimum atomic E-state index is -0.0486. The molecule has 0 bridgehead atoms. The molecule has 3 nitrogen and oxygen atoms in total. The molecule has 0 saturated heterocycles. The highest BCUT2D eigenvalue weighted by Gasteiger charge is 1.97. The van der Waals surface area contributed by atoms with Crippen molar-refractivity contribution in [2.24, 2.45) is 0 Å². The number of benzene rings is 1. The van der Waals surface area contributed by atoms with Crippen molar-refractivity contribution in [1.82, 2.24) is 4.98 Å². The van der Waals surface area contributed by atoms with Gasteiger partial charge in [0.05, 0.1) is 18.5 Å². The highest BCUT2D eigenvalue weighted by Crippen LogP contribution is 2.14. The van der Waals surface area contributed by atoms with Gasteiger partial charge in [-0.2, -0.15) is 0 Å². The summed E-state index contributed by atoms with van der Waals surface area (Å²) in [5.74, 6) is 0.699. The highest BCUT2D eigenvalue weighted by molar-refractivity contribution is 9.10. The molecule has 0 amide bonds.